The number of hydrogen-bond acceptors (Lipinski definition) is 3. The first kappa shape index (κ1) is 15.4. The van der Waals surface area contributed by atoms with E-state index in [0.717, 1.165) is 37.3 Å². The second-order valence-electron chi connectivity index (χ2n) is 6.10. The van der Waals surface area contributed by atoms with E-state index >= 15 is 0 Å². The van der Waals surface area contributed by atoms with Crippen molar-refractivity contribution < 1.29 is 0 Å². The van der Waals surface area contributed by atoms with Crippen LogP contribution in [-0.4, -0.2) is 40.6 Å². The number of hydrogen-bond donors (Lipinski definition) is 1. The van der Waals surface area contributed by atoms with Crippen LogP contribution in [0.1, 0.15) is 51.1 Å². The summed E-state index contributed by atoms with van der Waals surface area (Å²) < 4.78 is 2.27. The van der Waals surface area contributed by atoms with Crippen molar-refractivity contribution in [2.45, 2.75) is 65.0 Å². The average molecular weight is 278 g/mol. The zero-order valence-corrected chi connectivity index (χ0v) is 13.4. The van der Waals surface area contributed by atoms with Crippen molar-refractivity contribution >= 4 is 5.95 Å². The second kappa shape index (κ2) is 7.67. The van der Waals surface area contributed by atoms with Crippen LogP contribution in [0.4, 0.5) is 5.95 Å². The molecule has 0 saturated heterocycles. The van der Waals surface area contributed by atoms with Gasteiger partial charge in [0.2, 0.25) is 5.95 Å². The lowest BCUT2D eigenvalue weighted by molar-refractivity contribution is 0.237. The summed E-state index contributed by atoms with van der Waals surface area (Å²) in [4.78, 5) is 7.12. The summed E-state index contributed by atoms with van der Waals surface area (Å²) in [5.74, 6) is 1.04. The number of aryl methyl sites for hydroxylation is 1. The first-order valence-corrected chi connectivity index (χ1v) is 8.18. The molecule has 0 unspecified atom stereocenters. The highest BCUT2D eigenvalue weighted by Crippen LogP contribution is 2.22. The second-order valence-corrected chi connectivity index (χ2v) is 6.10. The van der Waals surface area contributed by atoms with Crippen molar-refractivity contribution in [1.82, 2.24) is 14.5 Å². The molecule has 0 atom stereocenters. The molecule has 0 spiro atoms. The van der Waals surface area contributed by atoms with E-state index in [9.17, 15) is 0 Å². The molecule has 0 amide bonds. The Bertz CT molecular complexity index is 393. The third kappa shape index (κ3) is 4.23. The normalized spacial score (nSPS) is 16.2. The third-order valence-electron chi connectivity index (χ3n) is 4.35. The van der Waals surface area contributed by atoms with Gasteiger partial charge in [-0.2, -0.15) is 0 Å². The van der Waals surface area contributed by atoms with Gasteiger partial charge < -0.3 is 14.8 Å². The number of nitrogens with zero attached hydrogens (tertiary/aromatic N) is 3. The van der Waals surface area contributed by atoms with Gasteiger partial charge in [0, 0.05) is 31.9 Å². The minimum atomic E-state index is 0.802. The molecule has 0 radical (unpaired) electrons. The molecule has 1 aliphatic rings. The van der Waals surface area contributed by atoms with E-state index in [-0.39, 0.29) is 0 Å². The third-order valence-corrected chi connectivity index (χ3v) is 4.35. The molecule has 4 nitrogen and oxygen atoms in total. The Morgan fingerprint density at radius 1 is 1.40 bits per heavy atom. The molecule has 4 heteroatoms. The van der Waals surface area contributed by atoms with Crippen molar-refractivity contribution in [2.75, 3.05) is 25.5 Å². The molecule has 1 N–H and O–H groups in total. The zero-order chi connectivity index (χ0) is 14.4. The number of anilines is 1. The Balaban J connectivity index is 1.84. The highest BCUT2D eigenvalue weighted by Gasteiger charge is 2.19. The monoisotopic (exact) mass is 278 g/mol. The molecular weight excluding hydrogens is 248 g/mol. The van der Waals surface area contributed by atoms with E-state index in [1.54, 1.807) is 0 Å². The van der Waals surface area contributed by atoms with Crippen LogP contribution in [0.15, 0.2) is 6.20 Å². The highest BCUT2D eigenvalue weighted by atomic mass is 15.2. The number of imidazole rings is 1. The fourth-order valence-electron chi connectivity index (χ4n) is 3.03. The lowest BCUT2D eigenvalue weighted by atomic mass is 10.2. The predicted octanol–water partition coefficient (Wildman–Crippen LogP) is 3.28. The Morgan fingerprint density at radius 2 is 2.15 bits per heavy atom. The number of likely N-dealkylation sites (N-methyl/N-ethyl adjacent to an activating group) is 1. The molecule has 0 bridgehead atoms. The van der Waals surface area contributed by atoms with Crippen molar-refractivity contribution in [2.24, 2.45) is 0 Å². The first-order chi connectivity index (χ1) is 9.70. The maximum Gasteiger partial charge on any atom is 0.203 e. The molecule has 1 aliphatic carbocycles. The molecule has 1 aromatic heterocycles. The van der Waals surface area contributed by atoms with Crippen LogP contribution >= 0.6 is 0 Å². The van der Waals surface area contributed by atoms with E-state index in [1.807, 2.05) is 0 Å². The fraction of sp³-hybridized carbons (Fsp3) is 0.812. The number of aromatic nitrogens is 2. The highest BCUT2D eigenvalue weighted by molar-refractivity contribution is 5.28. The van der Waals surface area contributed by atoms with E-state index in [2.05, 4.69) is 46.9 Å². The van der Waals surface area contributed by atoms with E-state index in [0.29, 0.717) is 0 Å². The molecule has 2 rings (SSSR count). The summed E-state index contributed by atoms with van der Waals surface area (Å²) in [5, 5.41) is 3.46. The van der Waals surface area contributed by atoms with Crippen molar-refractivity contribution in [3.63, 3.8) is 0 Å². The minimum absolute atomic E-state index is 0.802. The van der Waals surface area contributed by atoms with Crippen LogP contribution in [0.2, 0.25) is 0 Å². The maximum absolute atomic E-state index is 4.59. The summed E-state index contributed by atoms with van der Waals surface area (Å²) in [6, 6.07) is 0.802. The number of nitrogens with one attached hydrogen (secondary N) is 1. The Kier molecular flexibility index (Phi) is 5.89. The Labute approximate surface area is 123 Å². The van der Waals surface area contributed by atoms with Gasteiger partial charge in [-0.1, -0.05) is 26.2 Å². The molecule has 20 heavy (non-hydrogen) atoms. The van der Waals surface area contributed by atoms with E-state index < -0.39 is 0 Å². The summed E-state index contributed by atoms with van der Waals surface area (Å²) in [5.41, 5.74) is 1.10. The topological polar surface area (TPSA) is 33.1 Å². The molecule has 1 fully saturated rings. The van der Waals surface area contributed by atoms with Crippen LogP contribution in [0.5, 0.6) is 0 Å². The van der Waals surface area contributed by atoms with Crippen LogP contribution < -0.4 is 5.32 Å². The Hall–Kier alpha value is -1.03. The minimum Gasteiger partial charge on any atom is -0.356 e. The van der Waals surface area contributed by atoms with Gasteiger partial charge in [0.05, 0.1) is 5.69 Å². The summed E-state index contributed by atoms with van der Waals surface area (Å²) in [6.45, 7) is 7.45. The number of rotatable bonds is 8. The molecular formula is C16H30N4. The standard InChI is InChI=1S/C16H30N4/c1-4-5-10-17-16-18-14(2)13-20(16)12-11-19(3)15-8-6-7-9-15/h13,15H,4-12H2,1-3H3,(H,17,18). The van der Waals surface area contributed by atoms with Crippen molar-refractivity contribution in [1.29, 1.82) is 0 Å². The largest absolute Gasteiger partial charge is 0.356 e. The summed E-state index contributed by atoms with van der Waals surface area (Å²) in [6.07, 6.45) is 10.1. The molecule has 0 aromatic carbocycles. The van der Waals surface area contributed by atoms with Crippen molar-refractivity contribution in [3.8, 4) is 0 Å². The zero-order valence-electron chi connectivity index (χ0n) is 13.4. The van der Waals surface area contributed by atoms with E-state index in [1.165, 1.54) is 38.5 Å². The lowest BCUT2D eigenvalue weighted by Gasteiger charge is -2.24. The molecule has 1 aromatic rings. The van der Waals surface area contributed by atoms with Crippen LogP contribution in [-0.2, 0) is 6.54 Å². The van der Waals surface area contributed by atoms with E-state index in [4.69, 9.17) is 0 Å². The first-order valence-electron chi connectivity index (χ1n) is 8.18. The lowest BCUT2D eigenvalue weighted by Crippen LogP contribution is -2.32. The molecule has 1 heterocycles. The summed E-state index contributed by atoms with van der Waals surface area (Å²) in [7, 11) is 2.27. The van der Waals surface area contributed by atoms with Gasteiger partial charge in [0.15, 0.2) is 0 Å². The van der Waals surface area contributed by atoms with Gasteiger partial charge in [-0.3, -0.25) is 0 Å². The fourth-order valence-corrected chi connectivity index (χ4v) is 3.03. The molecule has 1 saturated carbocycles. The van der Waals surface area contributed by atoms with Crippen LogP contribution in [0.25, 0.3) is 0 Å². The number of unbranched alkanes of at least 4 members (excludes halogenated alkanes) is 1. The van der Waals surface area contributed by atoms with Gasteiger partial charge in [-0.25, -0.2) is 4.98 Å². The predicted molar refractivity (Wildman–Crippen MR) is 85.2 cm³/mol. The molecule has 0 aliphatic heterocycles. The van der Waals surface area contributed by atoms with Gasteiger partial charge in [-0.15, -0.1) is 0 Å². The Morgan fingerprint density at radius 3 is 2.85 bits per heavy atom. The average Bonchev–Trinajstić information content (AvgIpc) is 3.06. The SMILES string of the molecule is CCCCNc1nc(C)cn1CCN(C)C1CCCC1. The summed E-state index contributed by atoms with van der Waals surface area (Å²) >= 11 is 0. The van der Waals surface area contributed by atoms with Crippen LogP contribution in [0.3, 0.4) is 0 Å². The van der Waals surface area contributed by atoms with Gasteiger partial charge >= 0.3 is 0 Å². The van der Waals surface area contributed by atoms with Gasteiger partial charge in [0.25, 0.3) is 0 Å². The maximum atomic E-state index is 4.59. The van der Waals surface area contributed by atoms with Crippen molar-refractivity contribution in [3.05, 3.63) is 11.9 Å². The smallest absolute Gasteiger partial charge is 0.203 e. The van der Waals surface area contributed by atoms with Gasteiger partial charge in [0.1, 0.15) is 0 Å². The van der Waals surface area contributed by atoms with Crippen LogP contribution in [0, 0.1) is 6.92 Å². The quantitative estimate of drug-likeness (QED) is 0.741. The molecule has 114 valence electrons. The van der Waals surface area contributed by atoms with Gasteiger partial charge in [-0.05, 0) is 33.2 Å².